The minimum Gasteiger partial charge on any atom is -0.486 e. The van der Waals surface area contributed by atoms with Gasteiger partial charge < -0.3 is 19.9 Å². The Bertz CT molecular complexity index is 627. The zero-order valence-electron chi connectivity index (χ0n) is 12.0. The Morgan fingerprint density at radius 3 is 2.67 bits per heavy atom. The molecule has 0 amide bonds. The lowest BCUT2D eigenvalue weighted by molar-refractivity contribution is 0.167. The number of nitrogens with one attached hydrogen (secondary N) is 1. The van der Waals surface area contributed by atoms with Gasteiger partial charge in [0.15, 0.2) is 11.5 Å². The van der Waals surface area contributed by atoms with Crippen LogP contribution in [0.2, 0.25) is 0 Å². The van der Waals surface area contributed by atoms with Crippen LogP contribution >= 0.6 is 0 Å². The molecule has 2 aromatic carbocycles. The van der Waals surface area contributed by atoms with Gasteiger partial charge in [-0.25, -0.2) is 0 Å². The van der Waals surface area contributed by atoms with E-state index in [1.807, 2.05) is 49.4 Å². The summed E-state index contributed by atoms with van der Waals surface area (Å²) in [7, 11) is 0. The van der Waals surface area contributed by atoms with Gasteiger partial charge in [0, 0.05) is 12.2 Å². The number of benzene rings is 2. The topological polar surface area (TPSA) is 50.7 Å². The number of anilines is 1. The molecule has 1 unspecified atom stereocenters. The quantitative estimate of drug-likeness (QED) is 0.907. The zero-order chi connectivity index (χ0) is 14.7. The van der Waals surface area contributed by atoms with Gasteiger partial charge in [-0.15, -0.1) is 0 Å². The molecule has 110 valence electrons. The predicted molar refractivity (Wildman–Crippen MR) is 82.1 cm³/mol. The van der Waals surface area contributed by atoms with E-state index in [9.17, 15) is 5.11 Å². The van der Waals surface area contributed by atoms with Gasteiger partial charge in [0.25, 0.3) is 0 Å². The van der Waals surface area contributed by atoms with E-state index in [1.165, 1.54) is 0 Å². The molecule has 0 radical (unpaired) electrons. The van der Waals surface area contributed by atoms with Crippen LogP contribution in [-0.2, 0) is 0 Å². The molecule has 0 aliphatic carbocycles. The van der Waals surface area contributed by atoms with E-state index in [-0.39, 0.29) is 0 Å². The highest BCUT2D eigenvalue weighted by molar-refractivity contribution is 5.51. The van der Waals surface area contributed by atoms with Gasteiger partial charge in [0.2, 0.25) is 0 Å². The molecule has 0 saturated carbocycles. The maximum atomic E-state index is 10.3. The third-order valence-electron chi connectivity index (χ3n) is 3.58. The van der Waals surface area contributed by atoms with Gasteiger partial charge >= 0.3 is 0 Å². The lowest BCUT2D eigenvalue weighted by Gasteiger charge is -2.20. The average molecular weight is 285 g/mol. The first-order chi connectivity index (χ1) is 10.2. The van der Waals surface area contributed by atoms with Crippen LogP contribution < -0.4 is 14.8 Å². The highest BCUT2D eigenvalue weighted by atomic mass is 16.6. The number of hydrogen-bond acceptors (Lipinski definition) is 4. The second kappa shape index (κ2) is 6.06. The molecular formula is C17H19NO3. The molecule has 2 N–H and O–H groups in total. The molecule has 1 heterocycles. The van der Waals surface area contributed by atoms with Crippen molar-refractivity contribution < 1.29 is 14.6 Å². The summed E-state index contributed by atoms with van der Waals surface area (Å²) < 4.78 is 11.0. The number of aryl methyl sites for hydroxylation is 1. The number of para-hydroxylation sites is 1. The molecule has 0 bridgehead atoms. The number of rotatable bonds is 4. The van der Waals surface area contributed by atoms with Crippen molar-refractivity contribution in [2.75, 3.05) is 25.1 Å². The van der Waals surface area contributed by atoms with Crippen LogP contribution in [0.4, 0.5) is 5.69 Å². The first-order valence-electron chi connectivity index (χ1n) is 7.11. The van der Waals surface area contributed by atoms with Gasteiger partial charge in [-0.2, -0.15) is 0 Å². The Morgan fingerprint density at radius 1 is 1.10 bits per heavy atom. The molecule has 0 aromatic heterocycles. The summed E-state index contributed by atoms with van der Waals surface area (Å²) in [6.07, 6.45) is -0.597. The van der Waals surface area contributed by atoms with Crippen molar-refractivity contribution in [1.29, 1.82) is 0 Å². The molecule has 1 aliphatic rings. The van der Waals surface area contributed by atoms with Crippen molar-refractivity contribution in [2.45, 2.75) is 13.0 Å². The molecule has 2 aromatic rings. The standard InChI is InChI=1S/C17H19NO3/c1-12-4-2-3-5-14(12)18-11-15(19)13-6-7-16-17(10-13)21-9-8-20-16/h2-7,10,15,18-19H,8-9,11H2,1H3. The van der Waals surface area contributed by atoms with Crippen LogP contribution in [0.25, 0.3) is 0 Å². The second-order valence-electron chi connectivity index (χ2n) is 5.11. The van der Waals surface area contributed by atoms with E-state index < -0.39 is 6.10 Å². The highest BCUT2D eigenvalue weighted by Gasteiger charge is 2.15. The van der Waals surface area contributed by atoms with Crippen LogP contribution in [0.5, 0.6) is 11.5 Å². The van der Waals surface area contributed by atoms with E-state index in [4.69, 9.17) is 9.47 Å². The summed E-state index contributed by atoms with van der Waals surface area (Å²) in [6.45, 7) is 3.61. The zero-order valence-corrected chi connectivity index (χ0v) is 12.0. The summed E-state index contributed by atoms with van der Waals surface area (Å²) in [6, 6.07) is 13.6. The van der Waals surface area contributed by atoms with Crippen molar-refractivity contribution in [3.63, 3.8) is 0 Å². The largest absolute Gasteiger partial charge is 0.486 e. The Hall–Kier alpha value is -2.20. The third-order valence-corrected chi connectivity index (χ3v) is 3.58. The Balaban J connectivity index is 1.68. The van der Waals surface area contributed by atoms with E-state index in [2.05, 4.69) is 5.32 Å². The fraction of sp³-hybridized carbons (Fsp3) is 0.294. The third kappa shape index (κ3) is 3.11. The van der Waals surface area contributed by atoms with E-state index in [0.717, 1.165) is 22.6 Å². The van der Waals surface area contributed by atoms with Crippen LogP contribution in [0.1, 0.15) is 17.2 Å². The molecule has 3 rings (SSSR count). The monoisotopic (exact) mass is 285 g/mol. The molecule has 0 spiro atoms. The molecule has 4 nitrogen and oxygen atoms in total. The molecule has 1 aliphatic heterocycles. The van der Waals surface area contributed by atoms with Crippen molar-refractivity contribution in [1.82, 2.24) is 0 Å². The van der Waals surface area contributed by atoms with Crippen LogP contribution in [0.3, 0.4) is 0 Å². The summed E-state index contributed by atoms with van der Waals surface area (Å²) in [5.41, 5.74) is 3.02. The first kappa shape index (κ1) is 13.8. The van der Waals surface area contributed by atoms with E-state index in [0.29, 0.717) is 25.5 Å². The van der Waals surface area contributed by atoms with Crippen LogP contribution in [-0.4, -0.2) is 24.9 Å². The maximum Gasteiger partial charge on any atom is 0.161 e. The number of aliphatic hydroxyl groups excluding tert-OH is 1. The fourth-order valence-electron chi connectivity index (χ4n) is 2.36. The van der Waals surface area contributed by atoms with Gasteiger partial charge in [0.05, 0.1) is 6.10 Å². The normalized spacial score (nSPS) is 14.6. The number of ether oxygens (including phenoxy) is 2. The van der Waals surface area contributed by atoms with Gasteiger partial charge in [-0.05, 0) is 36.2 Å². The number of hydrogen-bond donors (Lipinski definition) is 2. The fourth-order valence-corrected chi connectivity index (χ4v) is 2.36. The summed E-state index contributed by atoms with van der Waals surface area (Å²) in [5, 5.41) is 13.6. The van der Waals surface area contributed by atoms with Gasteiger partial charge in [0.1, 0.15) is 13.2 Å². The van der Waals surface area contributed by atoms with Crippen LogP contribution in [0, 0.1) is 6.92 Å². The lowest BCUT2D eigenvalue weighted by atomic mass is 10.1. The number of aliphatic hydroxyl groups is 1. The summed E-state index contributed by atoms with van der Waals surface area (Å²) in [5.74, 6) is 1.44. The molecular weight excluding hydrogens is 266 g/mol. The second-order valence-corrected chi connectivity index (χ2v) is 5.11. The number of fused-ring (bicyclic) bond motifs is 1. The lowest BCUT2D eigenvalue weighted by Crippen LogP contribution is -2.17. The Morgan fingerprint density at radius 2 is 1.86 bits per heavy atom. The van der Waals surface area contributed by atoms with Crippen molar-refractivity contribution in [3.05, 3.63) is 53.6 Å². The predicted octanol–water partition coefficient (Wildman–Crippen LogP) is 2.91. The van der Waals surface area contributed by atoms with Gasteiger partial charge in [-0.3, -0.25) is 0 Å². The van der Waals surface area contributed by atoms with Crippen molar-refractivity contribution >= 4 is 5.69 Å². The minimum atomic E-state index is -0.597. The van der Waals surface area contributed by atoms with E-state index >= 15 is 0 Å². The maximum absolute atomic E-state index is 10.3. The average Bonchev–Trinajstić information content (AvgIpc) is 2.53. The SMILES string of the molecule is Cc1ccccc1NCC(O)c1ccc2c(c1)OCCO2. The molecule has 1 atom stereocenters. The van der Waals surface area contributed by atoms with E-state index in [1.54, 1.807) is 0 Å². The first-order valence-corrected chi connectivity index (χ1v) is 7.11. The molecule has 0 saturated heterocycles. The Kier molecular flexibility index (Phi) is 3.97. The summed E-state index contributed by atoms with van der Waals surface area (Å²) in [4.78, 5) is 0. The smallest absolute Gasteiger partial charge is 0.161 e. The molecule has 21 heavy (non-hydrogen) atoms. The van der Waals surface area contributed by atoms with Crippen molar-refractivity contribution in [2.24, 2.45) is 0 Å². The van der Waals surface area contributed by atoms with Crippen molar-refractivity contribution in [3.8, 4) is 11.5 Å². The molecule has 4 heteroatoms. The van der Waals surface area contributed by atoms with Crippen LogP contribution in [0.15, 0.2) is 42.5 Å². The summed E-state index contributed by atoms with van der Waals surface area (Å²) >= 11 is 0. The molecule has 0 fully saturated rings. The van der Waals surface area contributed by atoms with Gasteiger partial charge in [-0.1, -0.05) is 24.3 Å². The highest BCUT2D eigenvalue weighted by Crippen LogP contribution is 2.32. The Labute approximate surface area is 124 Å². The minimum absolute atomic E-state index is 0.449.